The molecule has 0 spiro atoms. The highest BCUT2D eigenvalue weighted by Crippen LogP contribution is 2.28. The predicted molar refractivity (Wildman–Crippen MR) is 109 cm³/mol. The highest BCUT2D eigenvalue weighted by molar-refractivity contribution is 5.96. The van der Waals surface area contributed by atoms with Gasteiger partial charge in [0.05, 0.1) is 12.0 Å². The molecule has 2 aromatic carbocycles. The molecule has 2 aromatic rings. The number of nitro benzene ring substituents is 1. The van der Waals surface area contributed by atoms with E-state index in [0.29, 0.717) is 37.4 Å². The smallest absolute Gasteiger partial charge is 0.293 e. The first-order valence-corrected chi connectivity index (χ1v) is 9.04. The van der Waals surface area contributed by atoms with Crippen LogP contribution in [-0.4, -0.2) is 63.1 Å². The van der Waals surface area contributed by atoms with Crippen LogP contribution in [-0.2, 0) is 0 Å². The molecule has 0 atom stereocenters. The second-order valence-electron chi connectivity index (χ2n) is 6.83. The Balaban J connectivity index is 1.69. The number of carbonyl (C=O) groups excluding carboxylic acids is 1. The van der Waals surface area contributed by atoms with Crippen LogP contribution in [0.25, 0.3) is 0 Å². The van der Waals surface area contributed by atoms with E-state index in [4.69, 9.17) is 4.74 Å². The molecule has 1 fully saturated rings. The van der Waals surface area contributed by atoms with Gasteiger partial charge < -0.3 is 19.4 Å². The molecular weight excluding hydrogens is 360 g/mol. The average molecular weight is 384 g/mol. The third-order valence-corrected chi connectivity index (χ3v) is 4.91. The summed E-state index contributed by atoms with van der Waals surface area (Å²) in [5, 5.41) is 11.4. The van der Waals surface area contributed by atoms with E-state index in [9.17, 15) is 14.9 Å². The van der Waals surface area contributed by atoms with Crippen molar-refractivity contribution < 1.29 is 14.5 Å². The van der Waals surface area contributed by atoms with E-state index < -0.39 is 4.92 Å². The molecule has 148 valence electrons. The second-order valence-corrected chi connectivity index (χ2v) is 6.83. The lowest BCUT2D eigenvalue weighted by molar-refractivity contribution is -0.384. The Hall–Kier alpha value is -3.29. The van der Waals surface area contributed by atoms with Crippen molar-refractivity contribution in [3.8, 4) is 5.75 Å². The lowest BCUT2D eigenvalue weighted by atomic mass is 10.1. The maximum Gasteiger partial charge on any atom is 0.293 e. The molecule has 3 rings (SSSR count). The van der Waals surface area contributed by atoms with E-state index >= 15 is 0 Å². The third-order valence-electron chi connectivity index (χ3n) is 4.91. The summed E-state index contributed by atoms with van der Waals surface area (Å²) in [5.74, 6) is 0.628. The van der Waals surface area contributed by atoms with Gasteiger partial charge >= 0.3 is 0 Å². The number of rotatable bonds is 5. The number of hydrogen-bond donors (Lipinski definition) is 0. The van der Waals surface area contributed by atoms with Crippen molar-refractivity contribution in [1.29, 1.82) is 0 Å². The van der Waals surface area contributed by atoms with Crippen LogP contribution in [0.1, 0.15) is 10.4 Å². The van der Waals surface area contributed by atoms with E-state index in [0.717, 1.165) is 11.4 Å². The number of hydrogen-bond acceptors (Lipinski definition) is 6. The summed E-state index contributed by atoms with van der Waals surface area (Å²) in [6.45, 7) is 2.54. The summed E-state index contributed by atoms with van der Waals surface area (Å²) in [5.41, 5.74) is 1.84. The van der Waals surface area contributed by atoms with Gasteiger partial charge in [0, 0.05) is 57.6 Å². The van der Waals surface area contributed by atoms with Gasteiger partial charge in [0.1, 0.15) is 11.4 Å². The van der Waals surface area contributed by atoms with Gasteiger partial charge in [0.15, 0.2) is 0 Å². The molecule has 1 aliphatic heterocycles. The molecule has 1 amide bonds. The fourth-order valence-corrected chi connectivity index (χ4v) is 3.32. The Morgan fingerprint density at radius 2 is 1.71 bits per heavy atom. The predicted octanol–water partition coefficient (Wildman–Crippen LogP) is 2.63. The quantitative estimate of drug-likeness (QED) is 0.582. The van der Waals surface area contributed by atoms with Crippen LogP contribution >= 0.6 is 0 Å². The fourth-order valence-electron chi connectivity index (χ4n) is 3.32. The fraction of sp³-hybridized carbons (Fsp3) is 0.350. The van der Waals surface area contributed by atoms with Crippen LogP contribution in [0, 0.1) is 10.1 Å². The number of methoxy groups -OCH3 is 1. The first-order chi connectivity index (χ1) is 13.4. The lowest BCUT2D eigenvalue weighted by Crippen LogP contribution is -2.48. The molecular formula is C20H24N4O4. The van der Waals surface area contributed by atoms with Crippen LogP contribution in [0.15, 0.2) is 42.5 Å². The van der Waals surface area contributed by atoms with Gasteiger partial charge in [-0.05, 0) is 36.4 Å². The minimum Gasteiger partial charge on any atom is -0.497 e. The maximum absolute atomic E-state index is 12.8. The standard InChI is InChI=1S/C20H24N4O4/c1-21(2)18-9-4-15(14-19(18)24(26)27)20(25)23-12-10-22(11-13-23)16-5-7-17(28-3)8-6-16/h4-9,14H,10-13H2,1-3H3. The number of nitro groups is 1. The molecule has 0 radical (unpaired) electrons. The van der Waals surface area contributed by atoms with Crippen molar-refractivity contribution in [3.05, 3.63) is 58.1 Å². The van der Waals surface area contributed by atoms with E-state index in [2.05, 4.69) is 4.90 Å². The molecule has 0 bridgehead atoms. The Morgan fingerprint density at radius 3 is 2.25 bits per heavy atom. The lowest BCUT2D eigenvalue weighted by Gasteiger charge is -2.36. The number of anilines is 2. The minimum atomic E-state index is -0.451. The molecule has 0 saturated carbocycles. The molecule has 0 unspecified atom stereocenters. The number of ether oxygens (including phenoxy) is 1. The van der Waals surface area contributed by atoms with Crippen LogP contribution in [0.3, 0.4) is 0 Å². The zero-order chi connectivity index (χ0) is 20.3. The monoisotopic (exact) mass is 384 g/mol. The third kappa shape index (κ3) is 4.00. The number of benzene rings is 2. The molecule has 1 heterocycles. The summed E-state index contributed by atoms with van der Waals surface area (Å²) < 4.78 is 5.18. The Labute approximate surface area is 164 Å². The average Bonchev–Trinajstić information content (AvgIpc) is 2.73. The highest BCUT2D eigenvalue weighted by atomic mass is 16.6. The van der Waals surface area contributed by atoms with Crippen LogP contribution in [0.4, 0.5) is 17.1 Å². The van der Waals surface area contributed by atoms with Gasteiger partial charge in [-0.3, -0.25) is 14.9 Å². The summed E-state index contributed by atoms with van der Waals surface area (Å²) in [6.07, 6.45) is 0. The van der Waals surface area contributed by atoms with Crippen molar-refractivity contribution in [2.75, 3.05) is 57.2 Å². The number of amides is 1. The van der Waals surface area contributed by atoms with Crippen LogP contribution in [0.5, 0.6) is 5.75 Å². The van der Waals surface area contributed by atoms with Gasteiger partial charge in [-0.2, -0.15) is 0 Å². The van der Waals surface area contributed by atoms with Crippen molar-refractivity contribution in [2.45, 2.75) is 0 Å². The first-order valence-electron chi connectivity index (χ1n) is 9.04. The van der Waals surface area contributed by atoms with Gasteiger partial charge in [0.25, 0.3) is 11.6 Å². The number of piperazine rings is 1. The molecule has 0 aliphatic carbocycles. The number of nitrogens with zero attached hydrogens (tertiary/aromatic N) is 4. The summed E-state index contributed by atoms with van der Waals surface area (Å²) in [6, 6.07) is 12.5. The summed E-state index contributed by atoms with van der Waals surface area (Å²) in [7, 11) is 5.11. The second kappa shape index (κ2) is 8.16. The van der Waals surface area contributed by atoms with E-state index in [-0.39, 0.29) is 11.6 Å². The largest absolute Gasteiger partial charge is 0.497 e. The first kappa shape index (κ1) is 19.5. The van der Waals surface area contributed by atoms with Crippen molar-refractivity contribution in [2.24, 2.45) is 0 Å². The van der Waals surface area contributed by atoms with Crippen LogP contribution in [0.2, 0.25) is 0 Å². The normalized spacial score (nSPS) is 14.0. The maximum atomic E-state index is 12.8. The van der Waals surface area contributed by atoms with Crippen LogP contribution < -0.4 is 14.5 Å². The molecule has 8 nitrogen and oxygen atoms in total. The van der Waals surface area contributed by atoms with E-state index in [1.54, 1.807) is 43.1 Å². The molecule has 0 N–H and O–H groups in total. The van der Waals surface area contributed by atoms with Crippen molar-refractivity contribution >= 4 is 23.0 Å². The Morgan fingerprint density at radius 1 is 1.07 bits per heavy atom. The molecule has 8 heteroatoms. The topological polar surface area (TPSA) is 79.2 Å². The zero-order valence-electron chi connectivity index (χ0n) is 16.3. The van der Waals surface area contributed by atoms with Crippen molar-refractivity contribution in [1.82, 2.24) is 4.90 Å². The van der Waals surface area contributed by atoms with Gasteiger partial charge in [-0.25, -0.2) is 0 Å². The summed E-state index contributed by atoms with van der Waals surface area (Å²) in [4.78, 5) is 29.4. The summed E-state index contributed by atoms with van der Waals surface area (Å²) >= 11 is 0. The molecule has 1 saturated heterocycles. The molecule has 28 heavy (non-hydrogen) atoms. The number of carbonyl (C=O) groups is 1. The minimum absolute atomic E-state index is 0.0623. The van der Waals surface area contributed by atoms with Crippen molar-refractivity contribution in [3.63, 3.8) is 0 Å². The highest BCUT2D eigenvalue weighted by Gasteiger charge is 2.25. The Kier molecular flexibility index (Phi) is 5.67. The van der Waals surface area contributed by atoms with Gasteiger partial charge in [0.2, 0.25) is 0 Å². The van der Waals surface area contributed by atoms with Gasteiger partial charge in [-0.15, -0.1) is 0 Å². The SMILES string of the molecule is COc1ccc(N2CCN(C(=O)c3ccc(N(C)C)c([N+](=O)[O-])c3)CC2)cc1. The van der Waals surface area contributed by atoms with E-state index in [1.165, 1.54) is 6.07 Å². The molecule has 0 aromatic heterocycles. The zero-order valence-corrected chi connectivity index (χ0v) is 16.3. The van der Waals surface area contributed by atoms with E-state index in [1.807, 2.05) is 24.3 Å². The van der Waals surface area contributed by atoms with Gasteiger partial charge in [-0.1, -0.05) is 0 Å². The Bertz CT molecular complexity index is 859. The molecule has 1 aliphatic rings.